The molecule has 4 aromatic rings. The average Bonchev–Trinajstić information content (AvgIpc) is 2.91. The average molecular weight is 667 g/mol. The van der Waals surface area contributed by atoms with Crippen LogP contribution in [-0.4, -0.2) is 64.2 Å². The fourth-order valence-electron chi connectivity index (χ4n) is 2.04. The predicted octanol–water partition coefficient (Wildman–Crippen LogP) is 2.41. The van der Waals surface area contributed by atoms with Crippen LogP contribution in [0.1, 0.15) is 42.0 Å². The van der Waals surface area contributed by atoms with Crippen LogP contribution in [0.5, 0.6) is 0 Å². The van der Waals surface area contributed by atoms with Crippen molar-refractivity contribution >= 4 is 23.9 Å². The summed E-state index contributed by atoms with van der Waals surface area (Å²) < 4.78 is 0. The van der Waals surface area contributed by atoms with Gasteiger partial charge in [0.25, 0.3) is 0 Å². The van der Waals surface area contributed by atoms with Crippen molar-refractivity contribution in [3.05, 3.63) is 125 Å². The number of hydrogen-bond acceptors (Lipinski definition) is 8. The Balaban J connectivity index is 0.000000477. The minimum absolute atomic E-state index is 0. The molecule has 14 heteroatoms. The summed E-state index contributed by atoms with van der Waals surface area (Å²) in [4.78, 5) is 64.3. The minimum Gasteiger partial charge on any atom is -0.477 e. The number of aromatic nitrogens is 4. The molecule has 0 saturated carbocycles. The molecule has 0 aliphatic carbocycles. The molecule has 0 fully saturated rings. The van der Waals surface area contributed by atoms with E-state index in [2.05, 4.69) is 19.9 Å². The van der Waals surface area contributed by atoms with Gasteiger partial charge < -0.3 is 25.4 Å². The predicted molar refractivity (Wildman–Crippen MR) is 128 cm³/mol. The standard InChI is InChI=1S/C6H5NO3.3C6H5NO2.Tb/c8-4-1-2-7-5(3-4)6(9)10;3*8-6(9)5-3-1-2-4-7-5;/h1-3H,(H,7,8)(H,9,10);3*1-4H,(H,8,9);/q;;;;+3. The Bertz CT molecular complexity index is 1240. The van der Waals surface area contributed by atoms with Crippen molar-refractivity contribution in [3.8, 4) is 0 Å². The van der Waals surface area contributed by atoms with Crippen molar-refractivity contribution in [2.45, 2.75) is 0 Å². The Morgan fingerprint density at radius 1 is 0.579 bits per heavy atom. The number of aromatic carboxylic acids is 4. The molecule has 13 nitrogen and oxygen atoms in total. The van der Waals surface area contributed by atoms with Crippen molar-refractivity contribution in [1.29, 1.82) is 0 Å². The third-order valence-electron chi connectivity index (χ3n) is 3.66. The van der Waals surface area contributed by atoms with E-state index in [1.54, 1.807) is 36.4 Å². The quantitative estimate of drug-likeness (QED) is 0.212. The van der Waals surface area contributed by atoms with E-state index in [1.165, 1.54) is 49.1 Å². The number of carboxylic acid groups (broad SMARTS) is 4. The molecule has 38 heavy (non-hydrogen) atoms. The van der Waals surface area contributed by atoms with Gasteiger partial charge in [0.2, 0.25) is 0 Å². The zero-order valence-corrected chi connectivity index (χ0v) is 21.3. The molecule has 0 aromatic carbocycles. The summed E-state index contributed by atoms with van der Waals surface area (Å²) in [6.45, 7) is 0. The van der Waals surface area contributed by atoms with Gasteiger partial charge in [-0.05, 0) is 36.4 Å². The second-order valence-corrected chi connectivity index (χ2v) is 6.30. The summed E-state index contributed by atoms with van der Waals surface area (Å²) in [6, 6.07) is 16.6. The van der Waals surface area contributed by atoms with E-state index < -0.39 is 23.9 Å². The Labute approximate surface area is 245 Å². The minimum atomic E-state index is -1.13. The fraction of sp³-hybridized carbons (Fsp3) is 0. The van der Waals surface area contributed by atoms with Crippen LogP contribution in [0.25, 0.3) is 0 Å². The van der Waals surface area contributed by atoms with Crippen molar-refractivity contribution < 1.29 is 78.2 Å². The molecule has 0 radical (unpaired) electrons. The van der Waals surface area contributed by atoms with E-state index in [-0.39, 0.29) is 66.8 Å². The molecule has 0 aliphatic heterocycles. The summed E-state index contributed by atoms with van der Waals surface area (Å²) in [5, 5.41) is 33.3. The molecule has 5 N–H and O–H groups in total. The number of carbonyl (C=O) groups is 4. The molecular weight excluding hydrogens is 647 g/mol. The van der Waals surface area contributed by atoms with Gasteiger partial charge in [-0.15, -0.1) is 0 Å². The first-order valence-electron chi connectivity index (χ1n) is 9.96. The maximum absolute atomic E-state index is 10.5. The van der Waals surface area contributed by atoms with Gasteiger partial charge in [-0.2, -0.15) is 0 Å². The van der Waals surface area contributed by atoms with Gasteiger partial charge in [0, 0.05) is 36.9 Å². The van der Waals surface area contributed by atoms with Gasteiger partial charge >= 0.3 is 62.5 Å². The van der Waals surface area contributed by atoms with E-state index in [1.807, 2.05) is 0 Å². The second kappa shape index (κ2) is 18.8. The van der Waals surface area contributed by atoms with Gasteiger partial charge in [0.15, 0.2) is 5.43 Å². The number of rotatable bonds is 4. The number of nitrogens with one attached hydrogen (secondary N) is 1. The zero-order chi connectivity index (χ0) is 27.6. The van der Waals surface area contributed by atoms with Crippen LogP contribution in [0, 0.1) is 38.6 Å². The molecule has 0 unspecified atom stereocenters. The number of pyridine rings is 4. The molecule has 0 aliphatic rings. The van der Waals surface area contributed by atoms with Crippen molar-refractivity contribution in [3.63, 3.8) is 0 Å². The SMILES string of the molecule is O=C(O)c1cc(=O)cc[nH]1.O=C(O)c1ccccn1.O=C(O)c1ccccn1.O=C(O)c1ccccn1.[Tb+3]. The van der Waals surface area contributed by atoms with Crippen molar-refractivity contribution in [2.24, 2.45) is 0 Å². The Morgan fingerprint density at radius 3 is 1.13 bits per heavy atom. The van der Waals surface area contributed by atoms with Crippen LogP contribution >= 0.6 is 0 Å². The summed E-state index contributed by atoms with van der Waals surface area (Å²) in [6.07, 6.45) is 5.64. The topological polar surface area (TPSA) is 221 Å². The maximum atomic E-state index is 10.5. The molecular formula is C24H20N4O9Tb+3. The van der Waals surface area contributed by atoms with Gasteiger partial charge in [0.05, 0.1) is 0 Å². The third-order valence-corrected chi connectivity index (χ3v) is 3.66. The molecule has 4 heterocycles. The van der Waals surface area contributed by atoms with Gasteiger partial charge in [-0.1, -0.05) is 18.2 Å². The first kappa shape index (κ1) is 33.6. The summed E-state index contributed by atoms with van der Waals surface area (Å²) >= 11 is 0. The van der Waals surface area contributed by atoms with Crippen LogP contribution in [0.4, 0.5) is 0 Å². The van der Waals surface area contributed by atoms with E-state index >= 15 is 0 Å². The molecule has 196 valence electrons. The second-order valence-electron chi connectivity index (χ2n) is 6.30. The number of carboxylic acids is 4. The first-order valence-corrected chi connectivity index (χ1v) is 9.96. The Kier molecular flexibility index (Phi) is 16.6. The molecule has 0 spiro atoms. The van der Waals surface area contributed by atoms with Gasteiger partial charge in [-0.3, -0.25) is 4.79 Å². The van der Waals surface area contributed by atoms with Gasteiger partial charge in [0.1, 0.15) is 22.8 Å². The zero-order valence-electron chi connectivity index (χ0n) is 19.2. The summed E-state index contributed by atoms with van der Waals surface area (Å²) in [5.41, 5.74) is -0.156. The molecule has 4 aromatic heterocycles. The van der Waals surface area contributed by atoms with Crippen LogP contribution in [0.2, 0.25) is 0 Å². The number of hydrogen-bond donors (Lipinski definition) is 5. The van der Waals surface area contributed by atoms with Crippen LogP contribution in [0.15, 0.2) is 96.3 Å². The van der Waals surface area contributed by atoms with E-state index in [0.29, 0.717) is 0 Å². The molecule has 0 amide bonds. The Hall–Kier alpha value is -4.43. The molecule has 0 saturated heterocycles. The van der Waals surface area contributed by atoms with Crippen LogP contribution in [-0.2, 0) is 0 Å². The summed E-state index contributed by atoms with van der Waals surface area (Å²) in [5.74, 6) is -4.10. The Morgan fingerprint density at radius 2 is 0.947 bits per heavy atom. The largest absolute Gasteiger partial charge is 3.00 e. The normalized spacial score (nSPS) is 8.74. The first-order chi connectivity index (χ1) is 17.6. The maximum Gasteiger partial charge on any atom is 3.00 e. The fourth-order valence-corrected chi connectivity index (χ4v) is 2.04. The monoisotopic (exact) mass is 667 g/mol. The van der Waals surface area contributed by atoms with Crippen molar-refractivity contribution in [2.75, 3.05) is 0 Å². The van der Waals surface area contributed by atoms with Crippen LogP contribution in [0.3, 0.4) is 0 Å². The smallest absolute Gasteiger partial charge is 0.477 e. The van der Waals surface area contributed by atoms with Gasteiger partial charge in [-0.25, -0.2) is 34.1 Å². The van der Waals surface area contributed by atoms with Crippen molar-refractivity contribution in [1.82, 2.24) is 19.9 Å². The number of aromatic amines is 1. The van der Waals surface area contributed by atoms with E-state index in [0.717, 1.165) is 6.07 Å². The molecule has 0 bridgehead atoms. The molecule has 0 atom stereocenters. The third kappa shape index (κ3) is 14.2. The number of nitrogens with zero attached hydrogens (tertiary/aromatic N) is 3. The summed E-state index contributed by atoms with van der Waals surface area (Å²) in [7, 11) is 0. The van der Waals surface area contributed by atoms with E-state index in [9.17, 15) is 24.0 Å². The van der Waals surface area contributed by atoms with E-state index in [4.69, 9.17) is 20.4 Å². The van der Waals surface area contributed by atoms with Crippen LogP contribution < -0.4 is 5.43 Å². The molecule has 4 rings (SSSR count). The number of H-pyrrole nitrogens is 1.